The summed E-state index contributed by atoms with van der Waals surface area (Å²) in [7, 11) is 0. The van der Waals surface area contributed by atoms with Crippen LogP contribution in [0.3, 0.4) is 0 Å². The summed E-state index contributed by atoms with van der Waals surface area (Å²) in [5.74, 6) is 0.603. The fourth-order valence-electron chi connectivity index (χ4n) is 4.26. The zero-order valence-corrected chi connectivity index (χ0v) is 24.1. The lowest BCUT2D eigenvalue weighted by molar-refractivity contribution is -0.137. The topological polar surface area (TPSA) is 61.8 Å². The van der Waals surface area contributed by atoms with Crippen LogP contribution in [0.2, 0.25) is 0 Å². The van der Waals surface area contributed by atoms with Crippen molar-refractivity contribution in [1.29, 1.82) is 0 Å². The summed E-state index contributed by atoms with van der Waals surface area (Å²) in [6, 6.07) is 5.15. The van der Waals surface area contributed by atoms with Crippen molar-refractivity contribution in [2.75, 3.05) is 6.61 Å². The number of esters is 2. The number of carbonyl (C=O) groups excluding carboxylic acids is 2. The molecule has 212 valence electrons. The molecule has 0 aromatic heterocycles. The highest BCUT2D eigenvalue weighted by Gasteiger charge is 2.15. The Bertz CT molecular complexity index is 715. The summed E-state index contributed by atoms with van der Waals surface area (Å²) < 4.78 is 17.2. The first-order valence-electron chi connectivity index (χ1n) is 15.3. The van der Waals surface area contributed by atoms with Gasteiger partial charge in [-0.15, -0.1) is 0 Å². The number of rotatable bonds is 24. The minimum absolute atomic E-state index is 0.270. The number of hydrogen-bond donors (Lipinski definition) is 0. The van der Waals surface area contributed by atoms with Crippen molar-refractivity contribution < 1.29 is 23.8 Å². The van der Waals surface area contributed by atoms with E-state index in [-0.39, 0.29) is 23.4 Å². The second kappa shape index (κ2) is 23.1. The Labute approximate surface area is 227 Å². The van der Waals surface area contributed by atoms with Crippen LogP contribution < -0.4 is 14.2 Å². The zero-order valence-electron chi connectivity index (χ0n) is 24.1. The predicted molar refractivity (Wildman–Crippen MR) is 153 cm³/mol. The molecule has 0 radical (unpaired) electrons. The molecule has 5 heteroatoms. The van der Waals surface area contributed by atoms with Gasteiger partial charge >= 0.3 is 11.9 Å². The second-order valence-corrected chi connectivity index (χ2v) is 10.2. The van der Waals surface area contributed by atoms with Crippen molar-refractivity contribution in [3.63, 3.8) is 0 Å². The maximum absolute atomic E-state index is 12.5. The van der Waals surface area contributed by atoms with E-state index in [1.807, 2.05) is 0 Å². The summed E-state index contributed by atoms with van der Waals surface area (Å²) >= 11 is 0. The van der Waals surface area contributed by atoms with E-state index in [0.717, 1.165) is 51.4 Å². The Morgan fingerprint density at radius 1 is 0.541 bits per heavy atom. The van der Waals surface area contributed by atoms with Crippen LogP contribution in [0.5, 0.6) is 17.2 Å². The summed E-state index contributed by atoms with van der Waals surface area (Å²) in [4.78, 5) is 24.9. The standard InChI is InChI=1S/C32H54O5/c1-4-7-10-13-14-15-18-21-26-35-28-24-25-29(36-31(33)22-19-16-11-8-5-2)30(27-28)37-32(34)23-20-17-12-9-6-3/h24-25,27H,4-23,26H2,1-3H3. The lowest BCUT2D eigenvalue weighted by Gasteiger charge is -2.13. The van der Waals surface area contributed by atoms with E-state index in [0.29, 0.717) is 25.2 Å². The van der Waals surface area contributed by atoms with Crippen LogP contribution in [0.1, 0.15) is 149 Å². The third-order valence-corrected chi connectivity index (χ3v) is 6.60. The van der Waals surface area contributed by atoms with E-state index in [2.05, 4.69) is 20.8 Å². The normalized spacial score (nSPS) is 10.9. The quantitative estimate of drug-likeness (QED) is 0.0774. The molecule has 1 rings (SSSR count). The minimum atomic E-state index is -0.298. The fraction of sp³-hybridized carbons (Fsp3) is 0.750. The Morgan fingerprint density at radius 3 is 1.49 bits per heavy atom. The Morgan fingerprint density at radius 2 is 0.973 bits per heavy atom. The first kappa shape index (κ1) is 33.0. The van der Waals surface area contributed by atoms with E-state index in [1.54, 1.807) is 18.2 Å². The molecule has 0 spiro atoms. The average molecular weight is 519 g/mol. The number of hydrogen-bond acceptors (Lipinski definition) is 5. The molecule has 1 aromatic rings. The van der Waals surface area contributed by atoms with Crippen molar-refractivity contribution in [2.45, 2.75) is 149 Å². The van der Waals surface area contributed by atoms with Gasteiger partial charge in [-0.1, -0.05) is 117 Å². The molecule has 0 saturated heterocycles. The predicted octanol–water partition coefficient (Wildman–Crippen LogP) is 9.74. The van der Waals surface area contributed by atoms with Crippen molar-refractivity contribution in [3.8, 4) is 17.2 Å². The largest absolute Gasteiger partial charge is 0.493 e. The molecule has 0 atom stereocenters. The first-order valence-corrected chi connectivity index (χ1v) is 15.3. The SMILES string of the molecule is CCCCCCCCCCOc1ccc(OC(=O)CCCCCCC)c(OC(=O)CCCCCCC)c1. The van der Waals surface area contributed by atoms with Gasteiger partial charge < -0.3 is 14.2 Å². The van der Waals surface area contributed by atoms with E-state index in [1.165, 1.54) is 64.2 Å². The summed E-state index contributed by atoms with van der Waals surface area (Å²) in [5, 5.41) is 0. The first-order chi connectivity index (χ1) is 18.1. The van der Waals surface area contributed by atoms with Gasteiger partial charge in [0, 0.05) is 18.9 Å². The van der Waals surface area contributed by atoms with Gasteiger partial charge in [0.2, 0.25) is 0 Å². The van der Waals surface area contributed by atoms with Gasteiger partial charge in [-0.3, -0.25) is 9.59 Å². The molecule has 0 saturated carbocycles. The van der Waals surface area contributed by atoms with Crippen LogP contribution >= 0.6 is 0 Å². The number of benzene rings is 1. The smallest absolute Gasteiger partial charge is 0.311 e. The van der Waals surface area contributed by atoms with E-state index in [4.69, 9.17) is 14.2 Å². The van der Waals surface area contributed by atoms with E-state index in [9.17, 15) is 9.59 Å². The van der Waals surface area contributed by atoms with E-state index < -0.39 is 0 Å². The van der Waals surface area contributed by atoms with Crippen LogP contribution in [0.15, 0.2) is 18.2 Å². The molecule has 0 N–H and O–H groups in total. The molecular formula is C32H54O5. The number of carbonyl (C=O) groups is 2. The summed E-state index contributed by atoms with van der Waals surface area (Å²) in [6.07, 6.45) is 21.3. The molecule has 0 amide bonds. The van der Waals surface area contributed by atoms with Crippen LogP contribution in [0.25, 0.3) is 0 Å². The maximum Gasteiger partial charge on any atom is 0.311 e. The molecule has 1 aromatic carbocycles. The molecule has 0 fully saturated rings. The van der Waals surface area contributed by atoms with E-state index >= 15 is 0 Å². The molecule has 0 heterocycles. The van der Waals surface area contributed by atoms with Crippen LogP contribution in [-0.2, 0) is 9.59 Å². The maximum atomic E-state index is 12.5. The van der Waals surface area contributed by atoms with Crippen molar-refractivity contribution in [3.05, 3.63) is 18.2 Å². The van der Waals surface area contributed by atoms with Crippen LogP contribution in [0, 0.1) is 0 Å². The van der Waals surface area contributed by atoms with Gasteiger partial charge in [-0.05, 0) is 31.4 Å². The number of ether oxygens (including phenoxy) is 3. The minimum Gasteiger partial charge on any atom is -0.493 e. The molecule has 0 aliphatic carbocycles. The molecular weight excluding hydrogens is 464 g/mol. The summed E-state index contributed by atoms with van der Waals surface area (Å²) in [6.45, 7) is 7.21. The molecule has 5 nitrogen and oxygen atoms in total. The van der Waals surface area contributed by atoms with Gasteiger partial charge in [0.25, 0.3) is 0 Å². The second-order valence-electron chi connectivity index (χ2n) is 10.2. The Kier molecular flexibility index (Phi) is 20.6. The third kappa shape index (κ3) is 18.0. The van der Waals surface area contributed by atoms with Gasteiger partial charge in [-0.25, -0.2) is 0 Å². The molecule has 0 bridgehead atoms. The molecule has 37 heavy (non-hydrogen) atoms. The highest BCUT2D eigenvalue weighted by Crippen LogP contribution is 2.33. The van der Waals surface area contributed by atoms with Crippen molar-refractivity contribution >= 4 is 11.9 Å². The summed E-state index contributed by atoms with van der Waals surface area (Å²) in [5.41, 5.74) is 0. The lowest BCUT2D eigenvalue weighted by atomic mass is 10.1. The van der Waals surface area contributed by atoms with Crippen molar-refractivity contribution in [2.24, 2.45) is 0 Å². The van der Waals surface area contributed by atoms with Crippen LogP contribution in [0.4, 0.5) is 0 Å². The Balaban J connectivity index is 2.59. The fourth-order valence-corrected chi connectivity index (χ4v) is 4.26. The molecule has 0 aliphatic rings. The van der Waals surface area contributed by atoms with Gasteiger partial charge in [-0.2, -0.15) is 0 Å². The zero-order chi connectivity index (χ0) is 27.0. The van der Waals surface area contributed by atoms with Gasteiger partial charge in [0.05, 0.1) is 6.61 Å². The monoisotopic (exact) mass is 518 g/mol. The van der Waals surface area contributed by atoms with Crippen molar-refractivity contribution in [1.82, 2.24) is 0 Å². The highest BCUT2D eigenvalue weighted by atomic mass is 16.6. The number of unbranched alkanes of at least 4 members (excludes halogenated alkanes) is 15. The third-order valence-electron chi connectivity index (χ3n) is 6.60. The van der Waals surface area contributed by atoms with Crippen LogP contribution in [-0.4, -0.2) is 18.5 Å². The average Bonchev–Trinajstić information content (AvgIpc) is 2.89. The Hall–Kier alpha value is -2.04. The van der Waals surface area contributed by atoms with Gasteiger partial charge in [0.1, 0.15) is 5.75 Å². The highest BCUT2D eigenvalue weighted by molar-refractivity contribution is 5.76. The molecule has 0 unspecified atom stereocenters. The molecule has 0 aliphatic heterocycles. The van der Waals surface area contributed by atoms with Gasteiger partial charge in [0.15, 0.2) is 11.5 Å². The lowest BCUT2D eigenvalue weighted by Crippen LogP contribution is -2.12.